The lowest BCUT2D eigenvalue weighted by Crippen LogP contribution is -2.18. The standard InChI is InChI=1S/C13H20ClNO2S/c1-5-18-13-10(16-3)7-9(6-8(2)15)12(17-4)11(13)14/h7-8H,5-6,15H2,1-4H3. The second-order valence-corrected chi connectivity index (χ2v) is 5.68. The van der Waals surface area contributed by atoms with Crippen LogP contribution in [0.2, 0.25) is 5.02 Å². The maximum absolute atomic E-state index is 6.39. The number of ether oxygens (including phenoxy) is 2. The number of halogens is 1. The van der Waals surface area contributed by atoms with Crippen molar-refractivity contribution >= 4 is 23.4 Å². The quantitative estimate of drug-likeness (QED) is 0.816. The van der Waals surface area contributed by atoms with E-state index in [9.17, 15) is 0 Å². The number of thioether (sulfide) groups is 1. The lowest BCUT2D eigenvalue weighted by Gasteiger charge is -2.17. The smallest absolute Gasteiger partial charge is 0.142 e. The van der Waals surface area contributed by atoms with Gasteiger partial charge in [0.05, 0.1) is 19.1 Å². The van der Waals surface area contributed by atoms with Gasteiger partial charge < -0.3 is 15.2 Å². The van der Waals surface area contributed by atoms with Gasteiger partial charge in [-0.15, -0.1) is 11.8 Å². The molecular formula is C13H20ClNO2S. The molecule has 0 amide bonds. The second-order valence-electron chi connectivity index (χ2n) is 4.03. The number of benzene rings is 1. The highest BCUT2D eigenvalue weighted by Crippen LogP contribution is 2.44. The van der Waals surface area contributed by atoms with Crippen molar-refractivity contribution in [2.24, 2.45) is 5.73 Å². The van der Waals surface area contributed by atoms with Gasteiger partial charge >= 0.3 is 0 Å². The van der Waals surface area contributed by atoms with Crippen LogP contribution in [0.25, 0.3) is 0 Å². The molecule has 1 unspecified atom stereocenters. The van der Waals surface area contributed by atoms with Gasteiger partial charge in [-0.1, -0.05) is 18.5 Å². The average molecular weight is 290 g/mol. The van der Waals surface area contributed by atoms with Gasteiger partial charge in [0.15, 0.2) is 0 Å². The first-order valence-corrected chi connectivity index (χ1v) is 7.23. The molecule has 2 N–H and O–H groups in total. The first-order chi connectivity index (χ1) is 8.54. The summed E-state index contributed by atoms with van der Waals surface area (Å²) in [7, 11) is 3.27. The van der Waals surface area contributed by atoms with Crippen LogP contribution >= 0.6 is 23.4 Å². The molecule has 0 aliphatic heterocycles. The summed E-state index contributed by atoms with van der Waals surface area (Å²) in [5, 5.41) is 0.611. The van der Waals surface area contributed by atoms with Crippen molar-refractivity contribution in [1.29, 1.82) is 0 Å². The Bertz CT molecular complexity index is 410. The first kappa shape index (κ1) is 15.5. The Morgan fingerprint density at radius 3 is 2.50 bits per heavy atom. The van der Waals surface area contributed by atoms with Crippen LogP contribution < -0.4 is 15.2 Å². The van der Waals surface area contributed by atoms with Crippen LogP contribution in [0.4, 0.5) is 0 Å². The highest BCUT2D eigenvalue weighted by atomic mass is 35.5. The molecule has 1 atom stereocenters. The molecule has 0 aliphatic carbocycles. The Morgan fingerprint density at radius 2 is 2.06 bits per heavy atom. The van der Waals surface area contributed by atoms with Crippen LogP contribution in [0.1, 0.15) is 19.4 Å². The summed E-state index contributed by atoms with van der Waals surface area (Å²) < 4.78 is 10.8. The zero-order valence-electron chi connectivity index (χ0n) is 11.2. The van der Waals surface area contributed by atoms with Gasteiger partial charge in [-0.25, -0.2) is 0 Å². The molecule has 0 aromatic heterocycles. The molecule has 0 heterocycles. The van der Waals surface area contributed by atoms with Crippen LogP contribution in [-0.2, 0) is 6.42 Å². The fourth-order valence-corrected chi connectivity index (χ4v) is 3.04. The molecule has 3 nitrogen and oxygen atoms in total. The summed E-state index contributed by atoms with van der Waals surface area (Å²) >= 11 is 8.04. The molecule has 0 saturated heterocycles. The van der Waals surface area contributed by atoms with Crippen molar-refractivity contribution in [2.75, 3.05) is 20.0 Å². The van der Waals surface area contributed by atoms with Crippen LogP contribution in [0.5, 0.6) is 11.5 Å². The molecule has 102 valence electrons. The highest BCUT2D eigenvalue weighted by molar-refractivity contribution is 7.99. The van der Waals surface area contributed by atoms with Gasteiger partial charge in [0, 0.05) is 11.6 Å². The zero-order valence-corrected chi connectivity index (χ0v) is 12.8. The average Bonchev–Trinajstić information content (AvgIpc) is 2.32. The van der Waals surface area contributed by atoms with Crippen LogP contribution in [0, 0.1) is 0 Å². The molecule has 1 aromatic rings. The summed E-state index contributed by atoms with van der Waals surface area (Å²) in [6.45, 7) is 4.03. The van der Waals surface area contributed by atoms with Crippen molar-refractivity contribution in [3.8, 4) is 11.5 Å². The van der Waals surface area contributed by atoms with Gasteiger partial charge in [0.1, 0.15) is 16.5 Å². The summed E-state index contributed by atoms with van der Waals surface area (Å²) in [5.74, 6) is 2.40. The number of nitrogens with two attached hydrogens (primary N) is 1. The van der Waals surface area contributed by atoms with E-state index >= 15 is 0 Å². The molecule has 18 heavy (non-hydrogen) atoms. The van der Waals surface area contributed by atoms with E-state index in [1.807, 2.05) is 13.0 Å². The van der Waals surface area contributed by atoms with Crippen molar-refractivity contribution in [1.82, 2.24) is 0 Å². The molecule has 1 aromatic carbocycles. The predicted molar refractivity (Wildman–Crippen MR) is 78.3 cm³/mol. The third-order valence-corrected chi connectivity index (χ3v) is 3.93. The normalized spacial score (nSPS) is 12.3. The van der Waals surface area contributed by atoms with E-state index in [-0.39, 0.29) is 6.04 Å². The maximum Gasteiger partial charge on any atom is 0.142 e. The first-order valence-electron chi connectivity index (χ1n) is 5.86. The minimum absolute atomic E-state index is 0.0457. The monoisotopic (exact) mass is 289 g/mol. The Morgan fingerprint density at radius 1 is 1.39 bits per heavy atom. The molecule has 0 radical (unpaired) electrons. The Kier molecular flexibility index (Phi) is 6.12. The van der Waals surface area contributed by atoms with Gasteiger partial charge in [-0.05, 0) is 25.2 Å². The number of rotatable bonds is 6. The summed E-state index contributed by atoms with van der Waals surface area (Å²) in [5.41, 5.74) is 6.82. The second kappa shape index (κ2) is 7.12. The highest BCUT2D eigenvalue weighted by Gasteiger charge is 2.18. The predicted octanol–water partition coefficient (Wildman–Crippen LogP) is 3.36. The van der Waals surface area contributed by atoms with E-state index in [1.165, 1.54) is 0 Å². The fourth-order valence-electron chi connectivity index (χ4n) is 1.79. The molecule has 0 fully saturated rings. The topological polar surface area (TPSA) is 44.5 Å². The number of hydrogen-bond donors (Lipinski definition) is 1. The van der Waals surface area contributed by atoms with Gasteiger partial charge in [-0.3, -0.25) is 0 Å². The third kappa shape index (κ3) is 3.46. The fraction of sp³-hybridized carbons (Fsp3) is 0.538. The van der Waals surface area contributed by atoms with Crippen LogP contribution in [0.3, 0.4) is 0 Å². The zero-order chi connectivity index (χ0) is 13.7. The van der Waals surface area contributed by atoms with Crippen molar-refractivity contribution in [2.45, 2.75) is 31.2 Å². The lowest BCUT2D eigenvalue weighted by molar-refractivity contribution is 0.390. The van der Waals surface area contributed by atoms with E-state index in [0.29, 0.717) is 17.2 Å². The molecule has 1 rings (SSSR count). The minimum atomic E-state index is 0.0457. The molecule has 0 bridgehead atoms. The summed E-state index contributed by atoms with van der Waals surface area (Å²) in [4.78, 5) is 0.923. The van der Waals surface area contributed by atoms with E-state index in [4.69, 9.17) is 26.8 Å². The van der Waals surface area contributed by atoms with Crippen molar-refractivity contribution in [3.63, 3.8) is 0 Å². The van der Waals surface area contributed by atoms with Gasteiger partial charge in [-0.2, -0.15) is 0 Å². The molecule has 5 heteroatoms. The van der Waals surface area contributed by atoms with E-state index in [2.05, 4.69) is 6.92 Å². The molecule has 0 saturated carbocycles. The van der Waals surface area contributed by atoms with Crippen LogP contribution in [0.15, 0.2) is 11.0 Å². The van der Waals surface area contributed by atoms with Crippen molar-refractivity contribution < 1.29 is 9.47 Å². The van der Waals surface area contributed by atoms with Crippen LogP contribution in [-0.4, -0.2) is 26.0 Å². The van der Waals surface area contributed by atoms with E-state index in [1.54, 1.807) is 26.0 Å². The maximum atomic E-state index is 6.39. The third-order valence-electron chi connectivity index (χ3n) is 2.47. The Labute approximate surface area is 118 Å². The minimum Gasteiger partial charge on any atom is -0.496 e. The number of hydrogen-bond acceptors (Lipinski definition) is 4. The summed E-state index contributed by atoms with van der Waals surface area (Å²) in [6, 6.07) is 2.01. The number of methoxy groups -OCH3 is 2. The SMILES string of the molecule is CCSc1c(OC)cc(CC(C)N)c(OC)c1Cl. The molecule has 0 spiro atoms. The van der Waals surface area contributed by atoms with Gasteiger partial charge in [0.2, 0.25) is 0 Å². The lowest BCUT2D eigenvalue weighted by atomic mass is 10.1. The Balaban J connectivity index is 3.32. The van der Waals surface area contributed by atoms with Crippen molar-refractivity contribution in [3.05, 3.63) is 16.7 Å². The summed E-state index contributed by atoms with van der Waals surface area (Å²) in [6.07, 6.45) is 0.705. The molecular weight excluding hydrogens is 270 g/mol. The molecule has 0 aliphatic rings. The van der Waals surface area contributed by atoms with E-state index < -0.39 is 0 Å². The van der Waals surface area contributed by atoms with E-state index in [0.717, 1.165) is 22.0 Å². The Hall–Kier alpha value is -0.580. The largest absolute Gasteiger partial charge is 0.496 e. The van der Waals surface area contributed by atoms with Gasteiger partial charge in [0.25, 0.3) is 0 Å².